The molecular formula is C21H14FNO6. The second kappa shape index (κ2) is 8.75. The van der Waals surface area contributed by atoms with Crippen molar-refractivity contribution in [1.82, 2.24) is 0 Å². The number of ketones is 1. The van der Waals surface area contributed by atoms with E-state index >= 15 is 0 Å². The van der Waals surface area contributed by atoms with E-state index in [1.54, 1.807) is 0 Å². The molecular weight excluding hydrogens is 381 g/mol. The summed E-state index contributed by atoms with van der Waals surface area (Å²) < 4.78 is 23.4. The van der Waals surface area contributed by atoms with E-state index in [-0.39, 0.29) is 16.8 Å². The number of non-ortho nitro benzene ring substituents is 1. The minimum Gasteiger partial charge on any atom is -0.457 e. The van der Waals surface area contributed by atoms with Crippen LogP contribution < -0.4 is 4.74 Å². The van der Waals surface area contributed by atoms with Crippen molar-refractivity contribution < 1.29 is 28.4 Å². The Balaban J connectivity index is 1.56. The van der Waals surface area contributed by atoms with Gasteiger partial charge in [-0.2, -0.15) is 0 Å². The number of esters is 1. The van der Waals surface area contributed by atoms with Gasteiger partial charge in [0, 0.05) is 17.7 Å². The highest BCUT2D eigenvalue weighted by Gasteiger charge is 2.12. The molecule has 3 aromatic carbocycles. The molecule has 7 nitrogen and oxygen atoms in total. The van der Waals surface area contributed by atoms with Crippen LogP contribution in [0, 0.1) is 15.9 Å². The van der Waals surface area contributed by atoms with Crippen LogP contribution in [-0.2, 0) is 4.74 Å². The summed E-state index contributed by atoms with van der Waals surface area (Å²) in [4.78, 5) is 34.2. The number of nitrogens with zero attached hydrogens (tertiary/aromatic N) is 1. The molecule has 0 heterocycles. The molecule has 0 bridgehead atoms. The van der Waals surface area contributed by atoms with Gasteiger partial charge >= 0.3 is 5.97 Å². The van der Waals surface area contributed by atoms with Crippen LogP contribution in [0.3, 0.4) is 0 Å². The lowest BCUT2D eigenvalue weighted by molar-refractivity contribution is -0.384. The highest BCUT2D eigenvalue weighted by molar-refractivity contribution is 5.99. The molecule has 0 amide bonds. The Hall–Kier alpha value is -4.07. The van der Waals surface area contributed by atoms with Gasteiger partial charge < -0.3 is 9.47 Å². The minimum absolute atomic E-state index is 0.0503. The van der Waals surface area contributed by atoms with Crippen LogP contribution in [0.15, 0.2) is 72.8 Å². The van der Waals surface area contributed by atoms with Crippen molar-refractivity contribution in [3.63, 3.8) is 0 Å². The number of hydrogen-bond donors (Lipinski definition) is 0. The maximum absolute atomic E-state index is 12.9. The molecule has 0 fully saturated rings. The summed E-state index contributed by atoms with van der Waals surface area (Å²) in [6.45, 7) is -0.467. The predicted octanol–water partition coefficient (Wildman–Crippen LogP) is 4.57. The van der Waals surface area contributed by atoms with E-state index in [0.717, 1.165) is 12.1 Å². The fraction of sp³-hybridized carbons (Fsp3) is 0.0476. The topological polar surface area (TPSA) is 95.7 Å². The molecule has 0 spiro atoms. The molecule has 0 aliphatic rings. The third-order valence-corrected chi connectivity index (χ3v) is 3.87. The van der Waals surface area contributed by atoms with Gasteiger partial charge in [-0.3, -0.25) is 14.9 Å². The largest absolute Gasteiger partial charge is 0.457 e. The Labute approximate surface area is 164 Å². The smallest absolute Gasteiger partial charge is 0.338 e. The predicted molar refractivity (Wildman–Crippen MR) is 101 cm³/mol. The fourth-order valence-electron chi connectivity index (χ4n) is 2.36. The van der Waals surface area contributed by atoms with Crippen molar-refractivity contribution in [2.24, 2.45) is 0 Å². The van der Waals surface area contributed by atoms with E-state index in [9.17, 15) is 24.1 Å². The van der Waals surface area contributed by atoms with Gasteiger partial charge in [0.2, 0.25) is 0 Å². The zero-order chi connectivity index (χ0) is 20.8. The molecule has 0 atom stereocenters. The van der Waals surface area contributed by atoms with Gasteiger partial charge in [-0.15, -0.1) is 0 Å². The van der Waals surface area contributed by atoms with Crippen molar-refractivity contribution >= 4 is 17.4 Å². The Bertz CT molecular complexity index is 1030. The van der Waals surface area contributed by atoms with E-state index in [4.69, 9.17) is 9.47 Å². The Kier molecular flexibility index (Phi) is 5.94. The van der Waals surface area contributed by atoms with E-state index in [0.29, 0.717) is 11.5 Å². The molecule has 0 unspecified atom stereocenters. The quantitative estimate of drug-likeness (QED) is 0.252. The normalized spacial score (nSPS) is 10.2. The Morgan fingerprint density at radius 2 is 1.34 bits per heavy atom. The van der Waals surface area contributed by atoms with Crippen LogP contribution in [-0.4, -0.2) is 23.3 Å². The molecule has 3 aromatic rings. The first-order valence-corrected chi connectivity index (χ1v) is 8.40. The van der Waals surface area contributed by atoms with E-state index in [1.165, 1.54) is 60.7 Å². The second-order valence-corrected chi connectivity index (χ2v) is 5.88. The molecule has 0 aliphatic carbocycles. The highest BCUT2D eigenvalue weighted by Crippen LogP contribution is 2.24. The van der Waals surface area contributed by atoms with Crippen molar-refractivity contribution in [2.75, 3.05) is 6.61 Å². The number of benzene rings is 3. The number of nitro benzene ring substituents is 1. The van der Waals surface area contributed by atoms with Crippen LogP contribution >= 0.6 is 0 Å². The summed E-state index contributed by atoms with van der Waals surface area (Å²) in [5.74, 6) is -0.790. The van der Waals surface area contributed by atoms with Gasteiger partial charge in [0.25, 0.3) is 5.69 Å². The van der Waals surface area contributed by atoms with Crippen molar-refractivity contribution in [3.05, 3.63) is 99.9 Å². The van der Waals surface area contributed by atoms with Crippen molar-refractivity contribution in [3.8, 4) is 11.5 Å². The lowest BCUT2D eigenvalue weighted by Gasteiger charge is -2.07. The maximum Gasteiger partial charge on any atom is 0.338 e. The number of Topliss-reactive ketones (excluding diaryl/α,β-unsaturated/α-hetero) is 1. The molecule has 0 aliphatic heterocycles. The molecule has 0 saturated carbocycles. The number of ether oxygens (including phenoxy) is 2. The molecule has 0 aromatic heterocycles. The summed E-state index contributed by atoms with van der Waals surface area (Å²) in [6.07, 6.45) is 0. The van der Waals surface area contributed by atoms with Crippen molar-refractivity contribution in [1.29, 1.82) is 0 Å². The lowest BCUT2D eigenvalue weighted by atomic mass is 10.1. The van der Waals surface area contributed by atoms with Gasteiger partial charge in [-0.25, -0.2) is 9.18 Å². The monoisotopic (exact) mass is 395 g/mol. The summed E-state index contributed by atoms with van der Waals surface area (Å²) in [5, 5.41) is 10.6. The van der Waals surface area contributed by atoms with Crippen LogP contribution in [0.2, 0.25) is 0 Å². The molecule has 3 rings (SSSR count). The van der Waals surface area contributed by atoms with Crippen molar-refractivity contribution in [2.45, 2.75) is 0 Å². The zero-order valence-corrected chi connectivity index (χ0v) is 14.9. The van der Waals surface area contributed by atoms with Crippen LogP contribution in [0.5, 0.6) is 11.5 Å². The average molecular weight is 395 g/mol. The SMILES string of the molecule is O=C(COC(=O)c1ccc(Oc2ccc([N+](=O)[O-])cc2)cc1)c1ccc(F)cc1. The summed E-state index contributed by atoms with van der Waals surface area (Å²) in [7, 11) is 0. The van der Waals surface area contributed by atoms with E-state index in [1.807, 2.05) is 0 Å². The summed E-state index contributed by atoms with van der Waals surface area (Å²) >= 11 is 0. The first-order valence-electron chi connectivity index (χ1n) is 8.40. The first-order chi connectivity index (χ1) is 13.9. The highest BCUT2D eigenvalue weighted by atomic mass is 19.1. The molecule has 0 saturated heterocycles. The number of halogens is 1. The molecule has 8 heteroatoms. The van der Waals surface area contributed by atoms with Gasteiger partial charge in [0.05, 0.1) is 10.5 Å². The first kappa shape index (κ1) is 19.7. The summed E-state index contributed by atoms with van der Waals surface area (Å²) in [6, 6.07) is 16.5. The van der Waals surface area contributed by atoms with Crippen LogP contribution in [0.1, 0.15) is 20.7 Å². The third-order valence-electron chi connectivity index (χ3n) is 3.87. The molecule has 0 N–H and O–H groups in total. The number of carbonyl (C=O) groups is 2. The Morgan fingerprint density at radius 1 is 0.828 bits per heavy atom. The molecule has 29 heavy (non-hydrogen) atoms. The van der Waals surface area contributed by atoms with Gasteiger partial charge in [0.1, 0.15) is 17.3 Å². The Morgan fingerprint density at radius 3 is 1.90 bits per heavy atom. The van der Waals surface area contributed by atoms with Gasteiger partial charge in [0.15, 0.2) is 12.4 Å². The molecule has 0 radical (unpaired) electrons. The van der Waals surface area contributed by atoms with Gasteiger partial charge in [-0.05, 0) is 60.7 Å². The van der Waals surface area contributed by atoms with Crippen LogP contribution in [0.4, 0.5) is 10.1 Å². The fourth-order valence-corrected chi connectivity index (χ4v) is 2.36. The minimum atomic E-state index is -0.692. The standard InChI is InChI=1S/C21H14FNO6/c22-16-5-1-14(2-6-16)20(24)13-28-21(25)15-3-9-18(10-4-15)29-19-11-7-17(8-12-19)23(26)27/h1-12H,13H2. The number of carbonyl (C=O) groups excluding carboxylic acids is 2. The lowest BCUT2D eigenvalue weighted by Crippen LogP contribution is -2.14. The zero-order valence-electron chi connectivity index (χ0n) is 14.9. The maximum atomic E-state index is 12.9. The number of rotatable bonds is 7. The number of hydrogen-bond acceptors (Lipinski definition) is 6. The summed E-state index contributed by atoms with van der Waals surface area (Å²) in [5.41, 5.74) is 0.407. The second-order valence-electron chi connectivity index (χ2n) is 5.88. The van der Waals surface area contributed by atoms with E-state index < -0.39 is 29.1 Å². The van der Waals surface area contributed by atoms with E-state index in [2.05, 4.69) is 0 Å². The third kappa shape index (κ3) is 5.23. The average Bonchev–Trinajstić information content (AvgIpc) is 2.73. The molecule has 146 valence electrons. The number of nitro groups is 1. The van der Waals surface area contributed by atoms with Crippen LogP contribution in [0.25, 0.3) is 0 Å². The van der Waals surface area contributed by atoms with Gasteiger partial charge in [-0.1, -0.05) is 0 Å².